The molecule has 1 aromatic heterocycles. The number of furan rings is 1. The summed E-state index contributed by atoms with van der Waals surface area (Å²) >= 11 is 5.94. The van der Waals surface area contributed by atoms with Gasteiger partial charge in [0.1, 0.15) is 11.5 Å². The van der Waals surface area contributed by atoms with Crippen LogP contribution in [0.4, 0.5) is 5.69 Å². The molecule has 1 aromatic carbocycles. The van der Waals surface area contributed by atoms with Crippen LogP contribution < -0.4 is 11.1 Å². The van der Waals surface area contributed by atoms with Gasteiger partial charge in [0.2, 0.25) is 0 Å². The number of hydrogen-bond donors (Lipinski definition) is 2. The lowest BCUT2D eigenvalue weighted by Gasteiger charge is -2.05. The molecule has 0 unspecified atom stereocenters. The molecule has 0 aliphatic rings. The second kappa shape index (κ2) is 5.25. The third-order valence-corrected chi connectivity index (χ3v) is 2.82. The van der Waals surface area contributed by atoms with E-state index < -0.39 is 0 Å². The number of rotatable bonds is 4. The lowest BCUT2D eigenvalue weighted by atomic mass is 10.2. The van der Waals surface area contributed by atoms with Crippen molar-refractivity contribution in [3.05, 3.63) is 52.4 Å². The summed E-state index contributed by atoms with van der Waals surface area (Å²) in [5, 5.41) is 3.88. The van der Waals surface area contributed by atoms with Crippen LogP contribution in [0.3, 0.4) is 0 Å². The quantitative estimate of drug-likeness (QED) is 0.820. The SMILES string of the molecule is Cc1ccc(CNCc2ccc(N)c(Cl)c2)o1. The predicted molar refractivity (Wildman–Crippen MR) is 69.9 cm³/mol. The standard InChI is InChI=1S/C13H15ClN2O/c1-9-2-4-11(17-9)8-16-7-10-3-5-13(15)12(14)6-10/h2-6,16H,7-8,15H2,1H3. The van der Waals surface area contributed by atoms with Gasteiger partial charge in [-0.3, -0.25) is 0 Å². The highest BCUT2D eigenvalue weighted by atomic mass is 35.5. The maximum absolute atomic E-state index is 5.94. The molecule has 0 saturated heterocycles. The van der Waals surface area contributed by atoms with E-state index in [1.165, 1.54) is 0 Å². The Morgan fingerprint density at radius 3 is 2.71 bits per heavy atom. The van der Waals surface area contributed by atoms with Gasteiger partial charge in [-0.05, 0) is 36.8 Å². The maximum atomic E-state index is 5.94. The Hall–Kier alpha value is -1.45. The monoisotopic (exact) mass is 250 g/mol. The van der Waals surface area contributed by atoms with E-state index in [1.807, 2.05) is 37.3 Å². The minimum Gasteiger partial charge on any atom is -0.465 e. The molecule has 3 N–H and O–H groups in total. The zero-order chi connectivity index (χ0) is 12.3. The third kappa shape index (κ3) is 3.25. The average molecular weight is 251 g/mol. The van der Waals surface area contributed by atoms with Gasteiger partial charge >= 0.3 is 0 Å². The van der Waals surface area contributed by atoms with Crippen LogP contribution in [0.1, 0.15) is 17.1 Å². The summed E-state index contributed by atoms with van der Waals surface area (Å²) in [5.41, 5.74) is 7.36. The van der Waals surface area contributed by atoms with Crippen molar-refractivity contribution in [3.63, 3.8) is 0 Å². The number of nitrogens with two attached hydrogens (primary N) is 1. The molecule has 0 saturated carbocycles. The second-order valence-corrected chi connectivity index (χ2v) is 4.38. The minimum atomic E-state index is 0.596. The molecule has 0 fully saturated rings. The van der Waals surface area contributed by atoms with Crippen LogP contribution in [0.25, 0.3) is 0 Å². The molecule has 0 radical (unpaired) electrons. The number of benzene rings is 1. The van der Waals surface area contributed by atoms with Crippen LogP contribution in [0.2, 0.25) is 5.02 Å². The molecule has 0 spiro atoms. The molecule has 2 rings (SSSR count). The Morgan fingerprint density at radius 1 is 1.24 bits per heavy atom. The van der Waals surface area contributed by atoms with Gasteiger partial charge in [-0.15, -0.1) is 0 Å². The van der Waals surface area contributed by atoms with Crippen LogP contribution in [-0.2, 0) is 13.1 Å². The molecular weight excluding hydrogens is 236 g/mol. The highest BCUT2D eigenvalue weighted by molar-refractivity contribution is 6.33. The maximum Gasteiger partial charge on any atom is 0.117 e. The summed E-state index contributed by atoms with van der Waals surface area (Å²) in [6.45, 7) is 3.37. The van der Waals surface area contributed by atoms with E-state index in [2.05, 4.69) is 5.32 Å². The zero-order valence-corrected chi connectivity index (χ0v) is 10.4. The molecule has 4 heteroatoms. The first-order valence-corrected chi connectivity index (χ1v) is 5.83. The molecule has 1 heterocycles. The molecule has 0 amide bonds. The summed E-state index contributed by atoms with van der Waals surface area (Å²) in [7, 11) is 0. The third-order valence-electron chi connectivity index (χ3n) is 2.49. The van der Waals surface area contributed by atoms with Gasteiger partial charge in [-0.2, -0.15) is 0 Å². The second-order valence-electron chi connectivity index (χ2n) is 3.97. The van der Waals surface area contributed by atoms with Gasteiger partial charge in [0.15, 0.2) is 0 Å². The van der Waals surface area contributed by atoms with E-state index in [0.717, 1.165) is 23.6 Å². The van der Waals surface area contributed by atoms with Gasteiger partial charge in [-0.1, -0.05) is 17.7 Å². The van der Waals surface area contributed by atoms with E-state index in [0.29, 0.717) is 17.3 Å². The van der Waals surface area contributed by atoms with E-state index in [1.54, 1.807) is 0 Å². The van der Waals surface area contributed by atoms with Crippen molar-refractivity contribution >= 4 is 17.3 Å². The normalized spacial score (nSPS) is 10.7. The minimum absolute atomic E-state index is 0.596. The Labute approximate surface area is 106 Å². The Balaban J connectivity index is 1.87. The number of hydrogen-bond acceptors (Lipinski definition) is 3. The number of nitrogens with one attached hydrogen (secondary N) is 1. The molecule has 2 aromatic rings. The molecule has 0 aliphatic heterocycles. The molecule has 17 heavy (non-hydrogen) atoms. The van der Waals surface area contributed by atoms with Crippen LogP contribution in [-0.4, -0.2) is 0 Å². The van der Waals surface area contributed by atoms with Gasteiger partial charge in [0.25, 0.3) is 0 Å². The molecule has 0 bridgehead atoms. The summed E-state index contributed by atoms with van der Waals surface area (Å²) in [6, 6.07) is 9.57. The van der Waals surface area contributed by atoms with Crippen molar-refractivity contribution in [2.75, 3.05) is 5.73 Å². The first-order chi connectivity index (χ1) is 8.15. The summed E-state index contributed by atoms with van der Waals surface area (Å²) in [6.07, 6.45) is 0. The van der Waals surface area contributed by atoms with Crippen LogP contribution in [0.15, 0.2) is 34.7 Å². The van der Waals surface area contributed by atoms with Crippen molar-refractivity contribution in [1.82, 2.24) is 5.32 Å². The highest BCUT2D eigenvalue weighted by Crippen LogP contribution is 2.19. The Morgan fingerprint density at radius 2 is 2.06 bits per heavy atom. The average Bonchev–Trinajstić information content (AvgIpc) is 2.70. The topological polar surface area (TPSA) is 51.2 Å². The molecule has 0 aliphatic carbocycles. The molecule has 90 valence electrons. The van der Waals surface area contributed by atoms with E-state index >= 15 is 0 Å². The van der Waals surface area contributed by atoms with Crippen molar-refractivity contribution in [1.29, 1.82) is 0 Å². The van der Waals surface area contributed by atoms with Crippen molar-refractivity contribution in [2.45, 2.75) is 20.0 Å². The van der Waals surface area contributed by atoms with Gasteiger partial charge in [0.05, 0.1) is 17.3 Å². The summed E-state index contributed by atoms with van der Waals surface area (Å²) < 4.78 is 5.46. The molecular formula is C13H15ClN2O. The fraction of sp³-hybridized carbons (Fsp3) is 0.231. The smallest absolute Gasteiger partial charge is 0.117 e. The highest BCUT2D eigenvalue weighted by Gasteiger charge is 2.00. The van der Waals surface area contributed by atoms with Crippen LogP contribution >= 0.6 is 11.6 Å². The fourth-order valence-electron chi connectivity index (χ4n) is 1.59. The van der Waals surface area contributed by atoms with Gasteiger partial charge < -0.3 is 15.5 Å². The Kier molecular flexibility index (Phi) is 3.71. The number of nitrogen functional groups attached to an aromatic ring is 1. The number of halogens is 1. The van der Waals surface area contributed by atoms with E-state index in [9.17, 15) is 0 Å². The molecule has 0 atom stereocenters. The lowest BCUT2D eigenvalue weighted by Crippen LogP contribution is -2.12. The number of anilines is 1. The van der Waals surface area contributed by atoms with Crippen molar-refractivity contribution < 1.29 is 4.42 Å². The first kappa shape index (κ1) is 12.0. The molecule has 3 nitrogen and oxygen atoms in total. The van der Waals surface area contributed by atoms with Gasteiger partial charge in [0, 0.05) is 6.54 Å². The van der Waals surface area contributed by atoms with Crippen molar-refractivity contribution in [2.24, 2.45) is 0 Å². The van der Waals surface area contributed by atoms with Gasteiger partial charge in [-0.25, -0.2) is 0 Å². The Bertz CT molecular complexity index is 508. The zero-order valence-electron chi connectivity index (χ0n) is 9.66. The van der Waals surface area contributed by atoms with Crippen molar-refractivity contribution in [3.8, 4) is 0 Å². The van der Waals surface area contributed by atoms with E-state index in [4.69, 9.17) is 21.8 Å². The van der Waals surface area contributed by atoms with E-state index in [-0.39, 0.29) is 0 Å². The van der Waals surface area contributed by atoms with Crippen LogP contribution in [0, 0.1) is 6.92 Å². The predicted octanol–water partition coefficient (Wildman–Crippen LogP) is 3.11. The largest absolute Gasteiger partial charge is 0.465 e. The summed E-state index contributed by atoms with van der Waals surface area (Å²) in [5.74, 6) is 1.86. The lowest BCUT2D eigenvalue weighted by molar-refractivity contribution is 0.462. The first-order valence-electron chi connectivity index (χ1n) is 5.45. The number of aryl methyl sites for hydroxylation is 1. The summed E-state index contributed by atoms with van der Waals surface area (Å²) in [4.78, 5) is 0. The van der Waals surface area contributed by atoms with Crippen LogP contribution in [0.5, 0.6) is 0 Å². The fourth-order valence-corrected chi connectivity index (χ4v) is 1.79.